The van der Waals surface area contributed by atoms with Gasteiger partial charge in [0.15, 0.2) is 0 Å². The number of aliphatic hydroxyl groups excluding tert-OH is 1. The highest BCUT2D eigenvalue weighted by atomic mass is 35.5. The molecule has 0 heterocycles. The minimum absolute atomic E-state index is 0.0603. The fourth-order valence-electron chi connectivity index (χ4n) is 1.91. The van der Waals surface area contributed by atoms with E-state index in [9.17, 15) is 5.11 Å². The summed E-state index contributed by atoms with van der Waals surface area (Å²) in [7, 11) is 1.56. The van der Waals surface area contributed by atoms with E-state index in [-0.39, 0.29) is 12.6 Å². The maximum absolute atomic E-state index is 9.56. The van der Waals surface area contributed by atoms with Gasteiger partial charge in [0, 0.05) is 10.7 Å². The van der Waals surface area contributed by atoms with Crippen LogP contribution in [0.3, 0.4) is 0 Å². The molecule has 5 heteroatoms. The van der Waals surface area contributed by atoms with Crippen LogP contribution in [-0.4, -0.2) is 18.8 Å². The highest BCUT2D eigenvalue weighted by Gasteiger charge is 2.12. The number of nitrogens with one attached hydrogen (secondary N) is 1. The molecular formula is C15H15Cl2NO2. The van der Waals surface area contributed by atoms with Crippen LogP contribution in [0.25, 0.3) is 0 Å². The van der Waals surface area contributed by atoms with Gasteiger partial charge in [-0.15, -0.1) is 0 Å². The van der Waals surface area contributed by atoms with Crippen molar-refractivity contribution in [1.29, 1.82) is 0 Å². The molecule has 0 aliphatic rings. The van der Waals surface area contributed by atoms with Crippen molar-refractivity contribution < 1.29 is 9.84 Å². The molecule has 2 aromatic carbocycles. The van der Waals surface area contributed by atoms with Crippen molar-refractivity contribution in [3.8, 4) is 5.75 Å². The van der Waals surface area contributed by atoms with Gasteiger partial charge in [0.2, 0.25) is 0 Å². The molecule has 0 saturated heterocycles. The third-order valence-electron chi connectivity index (χ3n) is 2.93. The molecule has 0 saturated carbocycles. The molecule has 3 nitrogen and oxygen atoms in total. The molecule has 0 amide bonds. The molecular weight excluding hydrogens is 297 g/mol. The van der Waals surface area contributed by atoms with Crippen molar-refractivity contribution in [2.24, 2.45) is 0 Å². The molecule has 2 N–H and O–H groups in total. The van der Waals surface area contributed by atoms with E-state index >= 15 is 0 Å². The smallest absolute Gasteiger partial charge is 0.137 e. The summed E-state index contributed by atoms with van der Waals surface area (Å²) in [5, 5.41) is 13.9. The number of hydrogen-bond donors (Lipinski definition) is 2. The minimum Gasteiger partial charge on any atom is -0.495 e. The van der Waals surface area contributed by atoms with Crippen LogP contribution in [0.15, 0.2) is 42.5 Å². The molecule has 0 spiro atoms. The van der Waals surface area contributed by atoms with E-state index in [0.29, 0.717) is 15.8 Å². The molecule has 0 bridgehead atoms. The van der Waals surface area contributed by atoms with Crippen LogP contribution in [0.2, 0.25) is 10.0 Å². The van der Waals surface area contributed by atoms with Gasteiger partial charge >= 0.3 is 0 Å². The SMILES string of the molecule is COc1ccc(C(CO)Nc2cccc(Cl)c2)cc1Cl. The predicted molar refractivity (Wildman–Crippen MR) is 82.9 cm³/mol. The van der Waals surface area contributed by atoms with Crippen molar-refractivity contribution in [1.82, 2.24) is 0 Å². The van der Waals surface area contributed by atoms with E-state index in [1.807, 2.05) is 18.2 Å². The number of hydrogen-bond acceptors (Lipinski definition) is 3. The number of aliphatic hydroxyl groups is 1. The molecule has 2 rings (SSSR count). The Kier molecular flexibility index (Phi) is 5.12. The average Bonchev–Trinajstić information content (AvgIpc) is 2.44. The summed E-state index contributed by atoms with van der Waals surface area (Å²) in [5.41, 5.74) is 1.71. The molecule has 1 atom stereocenters. The van der Waals surface area contributed by atoms with Gasteiger partial charge in [-0.25, -0.2) is 0 Å². The summed E-state index contributed by atoms with van der Waals surface area (Å²) >= 11 is 12.0. The van der Waals surface area contributed by atoms with Crippen molar-refractivity contribution >= 4 is 28.9 Å². The topological polar surface area (TPSA) is 41.5 Å². The molecule has 0 aliphatic carbocycles. The third-order valence-corrected chi connectivity index (χ3v) is 3.46. The lowest BCUT2D eigenvalue weighted by Crippen LogP contribution is -2.14. The zero-order valence-corrected chi connectivity index (χ0v) is 12.4. The van der Waals surface area contributed by atoms with E-state index in [0.717, 1.165) is 11.3 Å². The van der Waals surface area contributed by atoms with Crippen LogP contribution in [0.1, 0.15) is 11.6 Å². The van der Waals surface area contributed by atoms with Crippen LogP contribution in [0, 0.1) is 0 Å². The molecule has 2 aromatic rings. The molecule has 0 aromatic heterocycles. The monoisotopic (exact) mass is 311 g/mol. The summed E-state index contributed by atoms with van der Waals surface area (Å²) in [6.07, 6.45) is 0. The summed E-state index contributed by atoms with van der Waals surface area (Å²) < 4.78 is 5.12. The summed E-state index contributed by atoms with van der Waals surface area (Å²) in [6, 6.07) is 12.5. The van der Waals surface area contributed by atoms with E-state index in [1.54, 1.807) is 31.4 Å². The Morgan fingerprint density at radius 1 is 1.20 bits per heavy atom. The fourth-order valence-corrected chi connectivity index (χ4v) is 2.37. The maximum Gasteiger partial charge on any atom is 0.137 e. The molecule has 0 radical (unpaired) electrons. The van der Waals surface area contributed by atoms with Gasteiger partial charge in [-0.2, -0.15) is 0 Å². The van der Waals surface area contributed by atoms with Crippen LogP contribution in [-0.2, 0) is 0 Å². The van der Waals surface area contributed by atoms with E-state index < -0.39 is 0 Å². The Labute approximate surface area is 128 Å². The second-order valence-corrected chi connectivity index (χ2v) is 5.13. The lowest BCUT2D eigenvalue weighted by Gasteiger charge is -2.19. The molecule has 0 aliphatic heterocycles. The van der Waals surface area contributed by atoms with E-state index in [4.69, 9.17) is 27.9 Å². The van der Waals surface area contributed by atoms with Gasteiger partial charge in [0.05, 0.1) is 24.8 Å². The number of halogens is 2. The summed E-state index contributed by atoms with van der Waals surface area (Å²) in [5.74, 6) is 0.606. The second-order valence-electron chi connectivity index (χ2n) is 4.28. The number of methoxy groups -OCH3 is 1. The first kappa shape index (κ1) is 15.0. The number of benzene rings is 2. The fraction of sp³-hybridized carbons (Fsp3) is 0.200. The average molecular weight is 312 g/mol. The summed E-state index contributed by atoms with van der Waals surface area (Å²) in [4.78, 5) is 0. The molecule has 20 heavy (non-hydrogen) atoms. The van der Waals surface area contributed by atoms with Gasteiger partial charge < -0.3 is 15.2 Å². The van der Waals surface area contributed by atoms with Gasteiger partial charge in [-0.05, 0) is 35.9 Å². The van der Waals surface area contributed by atoms with E-state index in [1.165, 1.54) is 0 Å². The van der Waals surface area contributed by atoms with Crippen LogP contribution >= 0.6 is 23.2 Å². The van der Waals surface area contributed by atoms with Crippen LogP contribution in [0.4, 0.5) is 5.69 Å². The van der Waals surface area contributed by atoms with Crippen LogP contribution < -0.4 is 10.1 Å². The normalized spacial score (nSPS) is 12.0. The van der Waals surface area contributed by atoms with Crippen molar-refractivity contribution in [2.75, 3.05) is 19.0 Å². The molecule has 106 valence electrons. The third kappa shape index (κ3) is 3.57. The van der Waals surface area contributed by atoms with Crippen molar-refractivity contribution in [2.45, 2.75) is 6.04 Å². The van der Waals surface area contributed by atoms with Crippen molar-refractivity contribution in [3.05, 3.63) is 58.1 Å². The Morgan fingerprint density at radius 2 is 2.00 bits per heavy atom. The first-order valence-electron chi connectivity index (χ1n) is 6.10. The van der Waals surface area contributed by atoms with Gasteiger partial charge in [-0.3, -0.25) is 0 Å². The summed E-state index contributed by atoms with van der Waals surface area (Å²) in [6.45, 7) is -0.0603. The largest absolute Gasteiger partial charge is 0.495 e. The quantitative estimate of drug-likeness (QED) is 0.871. The Morgan fingerprint density at radius 3 is 2.60 bits per heavy atom. The maximum atomic E-state index is 9.56. The molecule has 1 unspecified atom stereocenters. The zero-order valence-electron chi connectivity index (χ0n) is 10.9. The number of rotatable bonds is 5. The highest BCUT2D eigenvalue weighted by molar-refractivity contribution is 6.32. The van der Waals surface area contributed by atoms with Crippen LogP contribution in [0.5, 0.6) is 5.75 Å². The minimum atomic E-state index is -0.267. The van der Waals surface area contributed by atoms with Gasteiger partial charge in [0.25, 0.3) is 0 Å². The Hall–Kier alpha value is -1.42. The van der Waals surface area contributed by atoms with Gasteiger partial charge in [-0.1, -0.05) is 35.3 Å². The Bertz CT molecular complexity index is 590. The van der Waals surface area contributed by atoms with E-state index in [2.05, 4.69) is 5.32 Å². The second kappa shape index (κ2) is 6.84. The predicted octanol–water partition coefficient (Wildman–Crippen LogP) is 4.15. The Balaban J connectivity index is 2.22. The lowest BCUT2D eigenvalue weighted by molar-refractivity contribution is 0.276. The lowest BCUT2D eigenvalue weighted by atomic mass is 10.1. The first-order valence-corrected chi connectivity index (χ1v) is 6.86. The first-order chi connectivity index (χ1) is 9.63. The number of ether oxygens (including phenoxy) is 1. The number of anilines is 1. The standard InChI is InChI=1S/C15H15Cl2NO2/c1-20-15-6-5-10(7-13(15)17)14(9-19)18-12-4-2-3-11(16)8-12/h2-8,14,18-19H,9H2,1H3. The molecule has 0 fully saturated rings. The highest BCUT2D eigenvalue weighted by Crippen LogP contribution is 2.29. The van der Waals surface area contributed by atoms with Gasteiger partial charge in [0.1, 0.15) is 5.75 Å². The zero-order chi connectivity index (χ0) is 14.5. The van der Waals surface area contributed by atoms with Crippen molar-refractivity contribution in [3.63, 3.8) is 0 Å².